The highest BCUT2D eigenvalue weighted by atomic mass is 15.3. The molecule has 102 valence electrons. The van der Waals surface area contributed by atoms with Crippen LogP contribution in [0.2, 0.25) is 0 Å². The Kier molecular flexibility index (Phi) is 4.32. The molecule has 0 spiro atoms. The Morgan fingerprint density at radius 3 is 2.53 bits per heavy atom. The van der Waals surface area contributed by atoms with Crippen molar-refractivity contribution in [1.29, 1.82) is 0 Å². The molecule has 0 bridgehead atoms. The van der Waals surface area contributed by atoms with Gasteiger partial charge >= 0.3 is 0 Å². The van der Waals surface area contributed by atoms with Crippen LogP contribution >= 0.6 is 0 Å². The van der Waals surface area contributed by atoms with E-state index >= 15 is 0 Å². The zero-order chi connectivity index (χ0) is 13.8. The van der Waals surface area contributed by atoms with Gasteiger partial charge in [0.2, 0.25) is 0 Å². The molecular formula is C15H22N4. The summed E-state index contributed by atoms with van der Waals surface area (Å²) in [6.07, 6.45) is 1.81. The van der Waals surface area contributed by atoms with Gasteiger partial charge in [0.25, 0.3) is 0 Å². The third-order valence-electron chi connectivity index (χ3n) is 3.22. The van der Waals surface area contributed by atoms with E-state index in [4.69, 9.17) is 0 Å². The molecule has 0 radical (unpaired) electrons. The first-order valence-corrected chi connectivity index (χ1v) is 6.73. The Bertz CT molecular complexity index is 523. The molecular weight excluding hydrogens is 236 g/mol. The van der Waals surface area contributed by atoms with E-state index in [1.165, 1.54) is 16.7 Å². The van der Waals surface area contributed by atoms with Gasteiger partial charge < -0.3 is 5.32 Å². The van der Waals surface area contributed by atoms with Crippen molar-refractivity contribution in [3.05, 3.63) is 47.0 Å². The van der Waals surface area contributed by atoms with Gasteiger partial charge in [-0.15, -0.1) is 0 Å². The molecule has 0 aliphatic rings. The van der Waals surface area contributed by atoms with E-state index in [2.05, 4.69) is 61.3 Å². The van der Waals surface area contributed by atoms with Crippen molar-refractivity contribution in [2.75, 3.05) is 0 Å². The zero-order valence-corrected chi connectivity index (χ0v) is 12.1. The molecule has 0 aliphatic carbocycles. The van der Waals surface area contributed by atoms with Crippen molar-refractivity contribution >= 4 is 0 Å². The van der Waals surface area contributed by atoms with Crippen molar-refractivity contribution in [2.24, 2.45) is 0 Å². The van der Waals surface area contributed by atoms with E-state index in [-0.39, 0.29) is 0 Å². The van der Waals surface area contributed by atoms with Crippen molar-refractivity contribution in [1.82, 2.24) is 20.1 Å². The second-order valence-corrected chi connectivity index (χ2v) is 5.26. The largest absolute Gasteiger partial charge is 0.308 e. The first-order valence-electron chi connectivity index (χ1n) is 6.73. The molecule has 0 amide bonds. The lowest BCUT2D eigenvalue weighted by Crippen LogP contribution is -2.22. The average Bonchev–Trinajstić information content (AvgIpc) is 2.79. The number of nitrogens with zero attached hydrogens (tertiary/aromatic N) is 3. The summed E-state index contributed by atoms with van der Waals surface area (Å²) in [5, 5.41) is 7.83. The second kappa shape index (κ2) is 5.97. The van der Waals surface area contributed by atoms with E-state index in [1.54, 1.807) is 0 Å². The smallest absolute Gasteiger partial charge is 0.164 e. The predicted octanol–water partition coefficient (Wildman–Crippen LogP) is 2.44. The van der Waals surface area contributed by atoms with Crippen LogP contribution in [0, 0.1) is 13.8 Å². The molecule has 4 heteroatoms. The molecule has 0 unspecified atom stereocenters. The van der Waals surface area contributed by atoms with Crippen LogP contribution in [0.15, 0.2) is 24.5 Å². The van der Waals surface area contributed by atoms with Crippen LogP contribution in [-0.4, -0.2) is 20.8 Å². The number of aryl methyl sites for hydroxylation is 2. The lowest BCUT2D eigenvalue weighted by molar-refractivity contribution is 0.565. The summed E-state index contributed by atoms with van der Waals surface area (Å²) < 4.78 is 1.91. The van der Waals surface area contributed by atoms with E-state index in [0.717, 1.165) is 18.9 Å². The van der Waals surface area contributed by atoms with Gasteiger partial charge in [0.15, 0.2) is 5.82 Å². The Morgan fingerprint density at radius 1 is 1.21 bits per heavy atom. The highest BCUT2D eigenvalue weighted by Gasteiger charge is 2.06. The fourth-order valence-corrected chi connectivity index (χ4v) is 2.05. The van der Waals surface area contributed by atoms with Crippen LogP contribution in [0.25, 0.3) is 0 Å². The van der Waals surface area contributed by atoms with Gasteiger partial charge in [-0.3, -0.25) is 0 Å². The molecule has 0 saturated carbocycles. The van der Waals surface area contributed by atoms with Gasteiger partial charge in [0.1, 0.15) is 6.33 Å². The molecule has 1 heterocycles. The van der Waals surface area contributed by atoms with E-state index in [9.17, 15) is 0 Å². The average molecular weight is 258 g/mol. The van der Waals surface area contributed by atoms with Gasteiger partial charge in [0, 0.05) is 6.04 Å². The summed E-state index contributed by atoms with van der Waals surface area (Å²) in [7, 11) is 0. The van der Waals surface area contributed by atoms with Crippen LogP contribution in [0.3, 0.4) is 0 Å². The van der Waals surface area contributed by atoms with Crippen molar-refractivity contribution in [2.45, 2.75) is 46.8 Å². The molecule has 1 N–H and O–H groups in total. The minimum Gasteiger partial charge on any atom is -0.308 e. The molecule has 1 aromatic heterocycles. The van der Waals surface area contributed by atoms with E-state index in [0.29, 0.717) is 6.04 Å². The monoisotopic (exact) mass is 258 g/mol. The lowest BCUT2D eigenvalue weighted by Gasteiger charge is -2.09. The van der Waals surface area contributed by atoms with Gasteiger partial charge in [0.05, 0.1) is 13.1 Å². The number of benzene rings is 1. The maximum Gasteiger partial charge on any atom is 0.164 e. The van der Waals surface area contributed by atoms with Crippen LogP contribution in [0.1, 0.15) is 36.4 Å². The number of aromatic nitrogens is 3. The Labute approximate surface area is 114 Å². The molecule has 0 saturated heterocycles. The zero-order valence-electron chi connectivity index (χ0n) is 12.1. The number of nitrogens with one attached hydrogen (secondary N) is 1. The molecule has 2 rings (SSSR count). The number of hydrogen-bond donors (Lipinski definition) is 1. The SMILES string of the molecule is Cc1cccc(C)c1Cn1cnc(CNC(C)C)n1. The highest BCUT2D eigenvalue weighted by molar-refractivity contribution is 5.33. The third-order valence-corrected chi connectivity index (χ3v) is 3.22. The Balaban J connectivity index is 2.07. The number of hydrogen-bond acceptors (Lipinski definition) is 3. The quantitative estimate of drug-likeness (QED) is 0.895. The van der Waals surface area contributed by atoms with Gasteiger partial charge in [-0.1, -0.05) is 32.0 Å². The molecule has 1 aromatic carbocycles. The van der Waals surface area contributed by atoms with Crippen molar-refractivity contribution < 1.29 is 0 Å². The van der Waals surface area contributed by atoms with Crippen LogP contribution in [-0.2, 0) is 13.1 Å². The molecule has 4 nitrogen and oxygen atoms in total. The highest BCUT2D eigenvalue weighted by Crippen LogP contribution is 2.14. The Morgan fingerprint density at radius 2 is 1.89 bits per heavy atom. The predicted molar refractivity (Wildman–Crippen MR) is 77.0 cm³/mol. The maximum atomic E-state index is 4.50. The first kappa shape index (κ1) is 13.7. The topological polar surface area (TPSA) is 42.7 Å². The van der Waals surface area contributed by atoms with Crippen LogP contribution in [0.5, 0.6) is 0 Å². The summed E-state index contributed by atoms with van der Waals surface area (Å²) in [6.45, 7) is 10.0. The lowest BCUT2D eigenvalue weighted by atomic mass is 10.0. The van der Waals surface area contributed by atoms with E-state index < -0.39 is 0 Å². The molecule has 0 atom stereocenters. The minimum atomic E-state index is 0.450. The summed E-state index contributed by atoms with van der Waals surface area (Å²) in [5.74, 6) is 0.847. The molecule has 0 fully saturated rings. The summed E-state index contributed by atoms with van der Waals surface area (Å²) in [4.78, 5) is 4.33. The third kappa shape index (κ3) is 3.64. The maximum absolute atomic E-state index is 4.50. The second-order valence-electron chi connectivity index (χ2n) is 5.26. The first-order chi connectivity index (χ1) is 9.06. The summed E-state index contributed by atoms with van der Waals surface area (Å²) in [6, 6.07) is 6.82. The van der Waals surface area contributed by atoms with Crippen LogP contribution in [0.4, 0.5) is 0 Å². The normalized spacial score (nSPS) is 11.2. The Hall–Kier alpha value is -1.68. The minimum absolute atomic E-state index is 0.450. The summed E-state index contributed by atoms with van der Waals surface area (Å²) >= 11 is 0. The fourth-order valence-electron chi connectivity index (χ4n) is 2.05. The standard InChI is InChI=1S/C15H22N4/c1-11(2)16-8-15-17-10-19(18-15)9-14-12(3)6-5-7-13(14)4/h5-7,10-11,16H,8-9H2,1-4H3. The molecule has 19 heavy (non-hydrogen) atoms. The fraction of sp³-hybridized carbons (Fsp3) is 0.467. The van der Waals surface area contributed by atoms with Crippen molar-refractivity contribution in [3.63, 3.8) is 0 Å². The number of rotatable bonds is 5. The van der Waals surface area contributed by atoms with Crippen molar-refractivity contribution in [3.8, 4) is 0 Å². The van der Waals surface area contributed by atoms with Gasteiger partial charge in [-0.2, -0.15) is 5.10 Å². The van der Waals surface area contributed by atoms with Gasteiger partial charge in [-0.05, 0) is 30.5 Å². The van der Waals surface area contributed by atoms with Crippen LogP contribution < -0.4 is 5.32 Å². The summed E-state index contributed by atoms with van der Waals surface area (Å²) in [5.41, 5.74) is 3.94. The molecule has 0 aliphatic heterocycles. The molecule has 2 aromatic rings. The van der Waals surface area contributed by atoms with Gasteiger partial charge in [-0.25, -0.2) is 9.67 Å². The van der Waals surface area contributed by atoms with E-state index in [1.807, 2.05) is 11.0 Å².